The van der Waals surface area contributed by atoms with Crippen LogP contribution in [0.5, 0.6) is 0 Å². The van der Waals surface area contributed by atoms with E-state index < -0.39 is 5.91 Å². The highest BCUT2D eigenvalue weighted by atomic mass is 16.1. The van der Waals surface area contributed by atoms with E-state index in [1.165, 1.54) is 5.56 Å². The van der Waals surface area contributed by atoms with Gasteiger partial charge in [0, 0.05) is 37.6 Å². The van der Waals surface area contributed by atoms with Gasteiger partial charge in [-0.2, -0.15) is 0 Å². The zero-order chi connectivity index (χ0) is 22.1. The molecule has 160 valence electrons. The number of aromatic nitrogens is 1. The molecule has 1 heterocycles. The zero-order valence-electron chi connectivity index (χ0n) is 17.7. The Balaban J connectivity index is 0.00000101. The molecule has 1 aromatic heterocycles. The number of H-pyrrole nitrogens is 1. The van der Waals surface area contributed by atoms with Gasteiger partial charge >= 0.3 is 0 Å². The maximum atomic E-state index is 11.8. The molecule has 0 saturated heterocycles. The Morgan fingerprint density at radius 1 is 1.17 bits per heavy atom. The molecule has 0 saturated carbocycles. The van der Waals surface area contributed by atoms with Crippen molar-refractivity contribution in [1.29, 1.82) is 0 Å². The highest BCUT2D eigenvalue weighted by Gasteiger charge is 2.15. The number of rotatable bonds is 8. The second kappa shape index (κ2) is 11.0. The van der Waals surface area contributed by atoms with Gasteiger partial charge in [0.2, 0.25) is 6.41 Å². The summed E-state index contributed by atoms with van der Waals surface area (Å²) in [6.07, 6.45) is 0.250. The van der Waals surface area contributed by atoms with E-state index in [4.69, 9.17) is 10.5 Å². The fourth-order valence-electron chi connectivity index (χ4n) is 3.22. The lowest BCUT2D eigenvalue weighted by molar-refractivity contribution is -0.106. The molecule has 0 spiro atoms. The quantitative estimate of drug-likeness (QED) is 0.285. The number of nitrogens with zero attached hydrogens (tertiary/aromatic N) is 1. The molecule has 30 heavy (non-hydrogen) atoms. The van der Waals surface area contributed by atoms with Crippen LogP contribution in [0.1, 0.15) is 15.9 Å². The SMILES string of the molecule is CNc1[nH]c2cc(-c3cccc(CNCCN(C)C)c3)ccc2c1C(N)=O.NC=O. The molecular weight excluding hydrogens is 380 g/mol. The van der Waals surface area contributed by atoms with Gasteiger partial charge in [-0.15, -0.1) is 0 Å². The first-order valence-electron chi connectivity index (χ1n) is 9.64. The van der Waals surface area contributed by atoms with Crippen LogP contribution >= 0.6 is 0 Å². The molecule has 3 rings (SSSR count). The van der Waals surface area contributed by atoms with Crippen LogP contribution in [-0.4, -0.2) is 56.4 Å². The summed E-state index contributed by atoms with van der Waals surface area (Å²) in [7, 11) is 5.91. The lowest BCUT2D eigenvalue weighted by atomic mass is 10.0. The van der Waals surface area contributed by atoms with Crippen LogP contribution in [0.25, 0.3) is 22.0 Å². The largest absolute Gasteiger partial charge is 0.374 e. The van der Waals surface area contributed by atoms with Gasteiger partial charge in [-0.05, 0) is 42.9 Å². The summed E-state index contributed by atoms with van der Waals surface area (Å²) in [5.41, 5.74) is 14.6. The van der Waals surface area contributed by atoms with E-state index in [0.29, 0.717) is 11.4 Å². The van der Waals surface area contributed by atoms with Crippen LogP contribution in [0.3, 0.4) is 0 Å². The number of hydrogen-bond acceptors (Lipinski definition) is 5. The molecule has 8 nitrogen and oxygen atoms in total. The van der Waals surface area contributed by atoms with Crippen molar-refractivity contribution >= 4 is 29.0 Å². The smallest absolute Gasteiger partial charge is 0.253 e. The van der Waals surface area contributed by atoms with E-state index in [1.807, 2.05) is 12.1 Å². The third-order valence-corrected chi connectivity index (χ3v) is 4.62. The summed E-state index contributed by atoms with van der Waals surface area (Å²) >= 11 is 0. The number of aromatic amines is 1. The van der Waals surface area contributed by atoms with Gasteiger partial charge in [-0.25, -0.2) is 0 Å². The monoisotopic (exact) mass is 410 g/mol. The average molecular weight is 411 g/mol. The molecule has 8 heteroatoms. The summed E-state index contributed by atoms with van der Waals surface area (Å²) in [5, 5.41) is 7.30. The van der Waals surface area contributed by atoms with Crippen molar-refractivity contribution in [3.05, 3.63) is 53.6 Å². The number of primary amides is 2. The lowest BCUT2D eigenvalue weighted by Gasteiger charge is -2.11. The summed E-state index contributed by atoms with van der Waals surface area (Å²) in [5.74, 6) is 0.206. The van der Waals surface area contributed by atoms with Crippen LogP contribution in [0.4, 0.5) is 5.82 Å². The van der Waals surface area contributed by atoms with Crippen LogP contribution in [0.2, 0.25) is 0 Å². The minimum absolute atomic E-state index is 0.250. The van der Waals surface area contributed by atoms with Crippen LogP contribution < -0.4 is 22.1 Å². The van der Waals surface area contributed by atoms with E-state index in [1.54, 1.807) is 7.05 Å². The molecule has 0 radical (unpaired) electrons. The fourth-order valence-corrected chi connectivity index (χ4v) is 3.22. The molecule has 3 aromatic rings. The highest BCUT2D eigenvalue weighted by Crippen LogP contribution is 2.30. The van der Waals surface area contributed by atoms with Crippen molar-refractivity contribution in [2.24, 2.45) is 11.5 Å². The number of fused-ring (bicyclic) bond motifs is 1. The molecule has 0 atom stereocenters. The Bertz CT molecular complexity index is 996. The van der Waals surface area contributed by atoms with E-state index >= 15 is 0 Å². The normalized spacial score (nSPS) is 10.5. The Labute approximate surface area is 176 Å². The number of nitrogens with two attached hydrogens (primary N) is 2. The molecular formula is C22H30N6O2. The van der Waals surface area contributed by atoms with Crippen molar-refractivity contribution in [2.75, 3.05) is 39.5 Å². The molecule has 0 aliphatic carbocycles. The maximum absolute atomic E-state index is 11.8. The molecule has 0 bridgehead atoms. The van der Waals surface area contributed by atoms with Crippen molar-refractivity contribution < 1.29 is 9.59 Å². The number of amides is 2. The standard InChI is InChI=1S/C21H27N5O.CH3NO/c1-23-21-19(20(22)27)17-8-7-16(12-18(17)25-21)15-6-4-5-14(11-15)13-24-9-10-26(2)3;2-1-3/h4-8,11-12,23-25H,9-10,13H2,1-3H3,(H2,22,27);1H,(H2,2,3). The topological polar surface area (TPSA) is 129 Å². The number of hydrogen-bond donors (Lipinski definition) is 5. The molecule has 2 aromatic carbocycles. The first-order valence-corrected chi connectivity index (χ1v) is 9.64. The predicted octanol–water partition coefficient (Wildman–Crippen LogP) is 1.73. The number of nitrogens with one attached hydrogen (secondary N) is 3. The van der Waals surface area contributed by atoms with Gasteiger partial charge in [0.15, 0.2) is 0 Å². The number of carbonyl (C=O) groups excluding carboxylic acids is 2. The summed E-state index contributed by atoms with van der Waals surface area (Å²) in [6.45, 7) is 2.80. The lowest BCUT2D eigenvalue weighted by Crippen LogP contribution is -2.26. The average Bonchev–Trinajstić information content (AvgIpc) is 3.10. The summed E-state index contributed by atoms with van der Waals surface area (Å²) in [4.78, 5) is 25.8. The molecule has 0 aliphatic rings. The van der Waals surface area contributed by atoms with E-state index in [0.717, 1.165) is 41.7 Å². The van der Waals surface area contributed by atoms with E-state index in [-0.39, 0.29) is 6.41 Å². The van der Waals surface area contributed by atoms with Gasteiger partial charge in [-0.3, -0.25) is 9.59 Å². The van der Waals surface area contributed by atoms with Gasteiger partial charge in [-0.1, -0.05) is 30.3 Å². The second-order valence-corrected chi connectivity index (χ2v) is 7.07. The number of likely N-dealkylation sites (N-methyl/N-ethyl adjacent to an activating group) is 1. The maximum Gasteiger partial charge on any atom is 0.253 e. The van der Waals surface area contributed by atoms with Crippen LogP contribution in [0.15, 0.2) is 42.5 Å². The van der Waals surface area contributed by atoms with E-state index in [2.05, 4.69) is 70.7 Å². The third kappa shape index (κ3) is 5.82. The summed E-state index contributed by atoms with van der Waals surface area (Å²) in [6, 6.07) is 14.5. The van der Waals surface area contributed by atoms with Crippen LogP contribution in [-0.2, 0) is 11.3 Å². The Morgan fingerprint density at radius 2 is 1.87 bits per heavy atom. The van der Waals surface area contributed by atoms with Crippen molar-refractivity contribution in [3.8, 4) is 11.1 Å². The number of anilines is 1. The molecule has 2 amide bonds. The Kier molecular flexibility index (Phi) is 8.40. The van der Waals surface area contributed by atoms with Gasteiger partial charge < -0.3 is 32.0 Å². The first-order chi connectivity index (χ1) is 14.4. The van der Waals surface area contributed by atoms with Gasteiger partial charge in [0.05, 0.1) is 5.56 Å². The van der Waals surface area contributed by atoms with Crippen molar-refractivity contribution in [1.82, 2.24) is 15.2 Å². The third-order valence-electron chi connectivity index (χ3n) is 4.62. The molecule has 0 aliphatic heterocycles. The highest BCUT2D eigenvalue weighted by molar-refractivity contribution is 6.11. The predicted molar refractivity (Wildman–Crippen MR) is 122 cm³/mol. The molecule has 0 fully saturated rings. The van der Waals surface area contributed by atoms with Crippen molar-refractivity contribution in [2.45, 2.75) is 6.54 Å². The zero-order valence-corrected chi connectivity index (χ0v) is 17.7. The minimum Gasteiger partial charge on any atom is -0.374 e. The Hall–Kier alpha value is -3.36. The fraction of sp³-hybridized carbons (Fsp3) is 0.273. The second-order valence-electron chi connectivity index (χ2n) is 7.07. The molecule has 0 unspecified atom stereocenters. The minimum atomic E-state index is -0.441. The molecule has 7 N–H and O–H groups in total. The van der Waals surface area contributed by atoms with Gasteiger partial charge in [0.1, 0.15) is 5.82 Å². The number of carbonyl (C=O) groups is 2. The summed E-state index contributed by atoms with van der Waals surface area (Å²) < 4.78 is 0. The number of benzene rings is 2. The van der Waals surface area contributed by atoms with E-state index in [9.17, 15) is 4.79 Å². The van der Waals surface area contributed by atoms with Crippen LogP contribution in [0, 0.1) is 0 Å². The Morgan fingerprint density at radius 3 is 2.50 bits per heavy atom. The van der Waals surface area contributed by atoms with Gasteiger partial charge in [0.25, 0.3) is 5.91 Å². The van der Waals surface area contributed by atoms with Crippen molar-refractivity contribution in [3.63, 3.8) is 0 Å². The first kappa shape index (κ1) is 22.9.